The first-order valence-electron chi connectivity index (χ1n) is 7.90. The predicted octanol–water partition coefficient (Wildman–Crippen LogP) is 5.94. The van der Waals surface area contributed by atoms with Crippen LogP contribution in [0.4, 0.5) is 0 Å². The zero-order valence-electron chi connectivity index (χ0n) is 13.2. The van der Waals surface area contributed by atoms with E-state index in [9.17, 15) is 0 Å². The topological polar surface area (TPSA) is 9.23 Å². The van der Waals surface area contributed by atoms with Crippen molar-refractivity contribution in [2.75, 3.05) is 6.61 Å². The van der Waals surface area contributed by atoms with Gasteiger partial charge in [-0.05, 0) is 47.8 Å². The minimum Gasteiger partial charge on any atom is -0.377 e. The third kappa shape index (κ3) is 3.65. The van der Waals surface area contributed by atoms with Gasteiger partial charge in [0.25, 0.3) is 0 Å². The van der Waals surface area contributed by atoms with Crippen LogP contribution in [0.15, 0.2) is 18.2 Å². The van der Waals surface area contributed by atoms with Crippen molar-refractivity contribution in [2.24, 2.45) is 0 Å². The first-order chi connectivity index (χ1) is 9.50. The molecule has 1 aromatic carbocycles. The summed E-state index contributed by atoms with van der Waals surface area (Å²) in [6.45, 7) is 9.99. The van der Waals surface area contributed by atoms with Crippen LogP contribution in [-0.4, -0.2) is 12.7 Å². The Hall–Kier alpha value is -0.340. The lowest BCUT2D eigenvalue weighted by Gasteiger charge is -2.29. The highest BCUT2D eigenvalue weighted by Gasteiger charge is 2.26. The second kappa shape index (κ2) is 7.09. The zero-order valence-corrected chi connectivity index (χ0v) is 14.7. The van der Waals surface area contributed by atoms with Gasteiger partial charge in [0.2, 0.25) is 0 Å². The van der Waals surface area contributed by atoms with E-state index in [1.807, 2.05) is 0 Å². The van der Waals surface area contributed by atoms with E-state index < -0.39 is 0 Å². The SMILES string of the molecule is CC(C)c1ccc(C(Br)C2CCCCO2)c(C(C)C)c1. The molecule has 0 saturated carbocycles. The van der Waals surface area contributed by atoms with Crippen molar-refractivity contribution < 1.29 is 4.74 Å². The number of hydrogen-bond acceptors (Lipinski definition) is 1. The molecule has 1 saturated heterocycles. The molecule has 1 aliphatic rings. The fourth-order valence-corrected chi connectivity index (χ4v) is 3.73. The van der Waals surface area contributed by atoms with Crippen LogP contribution in [0.3, 0.4) is 0 Å². The van der Waals surface area contributed by atoms with Crippen molar-refractivity contribution in [2.45, 2.75) is 69.7 Å². The third-order valence-electron chi connectivity index (χ3n) is 4.24. The second-order valence-corrected chi connectivity index (χ2v) is 7.49. The molecule has 2 unspecified atom stereocenters. The maximum absolute atomic E-state index is 5.96. The van der Waals surface area contributed by atoms with Gasteiger partial charge in [-0.2, -0.15) is 0 Å². The largest absolute Gasteiger partial charge is 0.377 e. The Labute approximate surface area is 132 Å². The second-order valence-electron chi connectivity index (χ2n) is 6.50. The smallest absolute Gasteiger partial charge is 0.0741 e. The Bertz CT molecular complexity index is 433. The van der Waals surface area contributed by atoms with Gasteiger partial charge < -0.3 is 4.74 Å². The van der Waals surface area contributed by atoms with Gasteiger partial charge in [0.05, 0.1) is 10.9 Å². The maximum Gasteiger partial charge on any atom is 0.0741 e. The van der Waals surface area contributed by atoms with Gasteiger partial charge in [0, 0.05) is 6.61 Å². The van der Waals surface area contributed by atoms with Crippen LogP contribution >= 0.6 is 15.9 Å². The van der Waals surface area contributed by atoms with E-state index in [1.54, 1.807) is 0 Å². The molecule has 0 aliphatic carbocycles. The fourth-order valence-electron chi connectivity index (χ4n) is 2.90. The van der Waals surface area contributed by atoms with Crippen molar-refractivity contribution in [3.63, 3.8) is 0 Å². The van der Waals surface area contributed by atoms with Crippen LogP contribution in [-0.2, 0) is 4.74 Å². The number of rotatable bonds is 4. The quantitative estimate of drug-likeness (QED) is 0.617. The minimum atomic E-state index is 0.321. The summed E-state index contributed by atoms with van der Waals surface area (Å²) in [6.07, 6.45) is 3.98. The van der Waals surface area contributed by atoms with E-state index >= 15 is 0 Å². The molecule has 20 heavy (non-hydrogen) atoms. The maximum atomic E-state index is 5.96. The lowest BCUT2D eigenvalue weighted by molar-refractivity contribution is 0.0159. The average Bonchev–Trinajstić information content (AvgIpc) is 2.46. The third-order valence-corrected chi connectivity index (χ3v) is 5.32. The molecule has 2 rings (SSSR count). The normalized spacial score (nSPS) is 21.4. The molecule has 0 spiro atoms. The Morgan fingerprint density at radius 3 is 2.35 bits per heavy atom. The molecule has 0 amide bonds. The lowest BCUT2D eigenvalue weighted by atomic mass is 9.88. The summed E-state index contributed by atoms with van der Waals surface area (Å²) in [6, 6.07) is 6.98. The predicted molar refractivity (Wildman–Crippen MR) is 89.9 cm³/mol. The molecule has 1 heterocycles. The molecular formula is C18H27BrO. The molecular weight excluding hydrogens is 312 g/mol. The standard InChI is InChI=1S/C18H27BrO/c1-12(2)14-8-9-15(16(11-14)13(3)4)18(19)17-7-5-6-10-20-17/h8-9,11-13,17-18H,5-7,10H2,1-4H3. The van der Waals surface area contributed by atoms with Crippen LogP contribution in [0.1, 0.15) is 80.3 Å². The van der Waals surface area contributed by atoms with E-state index in [2.05, 4.69) is 61.8 Å². The van der Waals surface area contributed by atoms with Crippen molar-refractivity contribution >= 4 is 15.9 Å². The van der Waals surface area contributed by atoms with Crippen molar-refractivity contribution in [3.8, 4) is 0 Å². The van der Waals surface area contributed by atoms with Gasteiger partial charge in [-0.1, -0.05) is 61.8 Å². The van der Waals surface area contributed by atoms with E-state index in [-0.39, 0.29) is 0 Å². The van der Waals surface area contributed by atoms with Gasteiger partial charge in [0.15, 0.2) is 0 Å². The van der Waals surface area contributed by atoms with Crippen LogP contribution < -0.4 is 0 Å². The van der Waals surface area contributed by atoms with Gasteiger partial charge >= 0.3 is 0 Å². The molecule has 1 aromatic rings. The highest BCUT2D eigenvalue weighted by molar-refractivity contribution is 9.09. The van der Waals surface area contributed by atoms with Crippen LogP contribution in [0.25, 0.3) is 0 Å². The molecule has 0 N–H and O–H groups in total. The number of halogens is 1. The fraction of sp³-hybridized carbons (Fsp3) is 0.667. The van der Waals surface area contributed by atoms with Gasteiger partial charge in [-0.15, -0.1) is 0 Å². The van der Waals surface area contributed by atoms with E-state index in [4.69, 9.17) is 4.74 Å². The molecule has 0 aromatic heterocycles. The summed E-state index contributed by atoms with van der Waals surface area (Å²) >= 11 is 3.90. The van der Waals surface area contributed by atoms with E-state index in [0.29, 0.717) is 22.8 Å². The molecule has 2 atom stereocenters. The molecule has 1 nitrogen and oxygen atoms in total. The van der Waals surface area contributed by atoms with Gasteiger partial charge in [-0.3, -0.25) is 0 Å². The Morgan fingerprint density at radius 2 is 1.80 bits per heavy atom. The Kier molecular flexibility index (Phi) is 5.68. The summed E-state index contributed by atoms with van der Waals surface area (Å²) in [7, 11) is 0. The minimum absolute atomic E-state index is 0.321. The van der Waals surface area contributed by atoms with Crippen molar-refractivity contribution in [3.05, 3.63) is 34.9 Å². The van der Waals surface area contributed by atoms with Crippen molar-refractivity contribution in [1.29, 1.82) is 0 Å². The molecule has 2 heteroatoms. The number of ether oxygens (including phenoxy) is 1. The van der Waals surface area contributed by atoms with E-state index in [0.717, 1.165) is 6.61 Å². The molecule has 1 aliphatic heterocycles. The molecule has 1 fully saturated rings. The monoisotopic (exact) mass is 338 g/mol. The highest BCUT2D eigenvalue weighted by Crippen LogP contribution is 2.38. The Morgan fingerprint density at radius 1 is 1.05 bits per heavy atom. The van der Waals surface area contributed by atoms with Crippen LogP contribution in [0, 0.1) is 0 Å². The van der Waals surface area contributed by atoms with Gasteiger partial charge in [0.1, 0.15) is 0 Å². The first kappa shape index (κ1) is 16.0. The summed E-state index contributed by atoms with van der Waals surface area (Å²) in [4.78, 5) is 0.321. The lowest BCUT2D eigenvalue weighted by Crippen LogP contribution is -2.24. The summed E-state index contributed by atoms with van der Waals surface area (Å²) in [5, 5.41) is 0. The number of hydrogen-bond donors (Lipinski definition) is 0. The average molecular weight is 339 g/mol. The van der Waals surface area contributed by atoms with E-state index in [1.165, 1.54) is 36.0 Å². The summed E-state index contributed by atoms with van der Waals surface area (Å²) < 4.78 is 5.96. The van der Waals surface area contributed by atoms with Crippen LogP contribution in [0.5, 0.6) is 0 Å². The van der Waals surface area contributed by atoms with Crippen molar-refractivity contribution in [1.82, 2.24) is 0 Å². The molecule has 0 radical (unpaired) electrons. The molecule has 0 bridgehead atoms. The summed E-state index contributed by atoms with van der Waals surface area (Å²) in [5.41, 5.74) is 4.31. The zero-order chi connectivity index (χ0) is 14.7. The number of alkyl halides is 1. The number of benzene rings is 1. The summed E-state index contributed by atoms with van der Waals surface area (Å²) in [5.74, 6) is 1.13. The van der Waals surface area contributed by atoms with Crippen LogP contribution in [0.2, 0.25) is 0 Å². The highest BCUT2D eigenvalue weighted by atomic mass is 79.9. The first-order valence-corrected chi connectivity index (χ1v) is 8.81. The molecule has 112 valence electrons. The Balaban J connectivity index is 2.29. The van der Waals surface area contributed by atoms with Gasteiger partial charge in [-0.25, -0.2) is 0 Å².